The summed E-state index contributed by atoms with van der Waals surface area (Å²) >= 11 is 1.55. The van der Waals surface area contributed by atoms with Crippen LogP contribution in [0.2, 0.25) is 0 Å². The van der Waals surface area contributed by atoms with E-state index in [9.17, 15) is 4.79 Å². The maximum absolute atomic E-state index is 11.6. The van der Waals surface area contributed by atoms with Gasteiger partial charge in [0, 0.05) is 18.0 Å². The van der Waals surface area contributed by atoms with E-state index in [1.807, 2.05) is 24.6 Å². The largest absolute Gasteiger partial charge is 0.352 e. The first-order valence-corrected chi connectivity index (χ1v) is 5.62. The highest BCUT2D eigenvalue weighted by molar-refractivity contribution is 7.08. The fourth-order valence-corrected chi connectivity index (χ4v) is 1.93. The quantitative estimate of drug-likeness (QED) is 0.795. The highest BCUT2D eigenvalue weighted by atomic mass is 32.1. The standard InChI is InChI=1S/C10H16N2OS/c1-7-5-14-6-9(7)10(13)12-4-3-8(2)11/h5-6,8H,3-4,11H2,1-2H3,(H,12,13). The van der Waals surface area contributed by atoms with Crippen LogP contribution >= 0.6 is 11.3 Å². The molecule has 0 fully saturated rings. The molecule has 0 saturated carbocycles. The van der Waals surface area contributed by atoms with E-state index in [2.05, 4.69) is 5.32 Å². The summed E-state index contributed by atoms with van der Waals surface area (Å²) in [7, 11) is 0. The Labute approximate surface area is 88.3 Å². The minimum absolute atomic E-state index is 0.00407. The van der Waals surface area contributed by atoms with E-state index in [4.69, 9.17) is 5.73 Å². The van der Waals surface area contributed by atoms with Crippen molar-refractivity contribution in [2.24, 2.45) is 5.73 Å². The molecule has 1 aromatic heterocycles. The lowest BCUT2D eigenvalue weighted by atomic mass is 10.2. The topological polar surface area (TPSA) is 55.1 Å². The average molecular weight is 212 g/mol. The summed E-state index contributed by atoms with van der Waals surface area (Å²) in [6, 6.07) is 0.138. The number of hydrogen-bond acceptors (Lipinski definition) is 3. The van der Waals surface area contributed by atoms with Gasteiger partial charge in [-0.25, -0.2) is 0 Å². The van der Waals surface area contributed by atoms with E-state index in [0.717, 1.165) is 17.5 Å². The fourth-order valence-electron chi connectivity index (χ4n) is 1.10. The third kappa shape index (κ3) is 3.12. The van der Waals surface area contributed by atoms with Crippen molar-refractivity contribution < 1.29 is 4.79 Å². The van der Waals surface area contributed by atoms with Crippen LogP contribution in [0.4, 0.5) is 0 Å². The van der Waals surface area contributed by atoms with Crippen molar-refractivity contribution in [3.8, 4) is 0 Å². The molecule has 0 aromatic carbocycles. The van der Waals surface area contributed by atoms with Crippen LogP contribution < -0.4 is 11.1 Å². The van der Waals surface area contributed by atoms with Crippen molar-refractivity contribution >= 4 is 17.2 Å². The van der Waals surface area contributed by atoms with Crippen LogP contribution in [0.5, 0.6) is 0 Å². The number of aryl methyl sites for hydroxylation is 1. The van der Waals surface area contributed by atoms with Crippen LogP contribution in [-0.2, 0) is 0 Å². The number of nitrogens with two attached hydrogens (primary N) is 1. The third-order valence-corrected chi connectivity index (χ3v) is 2.85. The molecule has 0 aliphatic carbocycles. The lowest BCUT2D eigenvalue weighted by Crippen LogP contribution is -2.29. The van der Waals surface area contributed by atoms with Gasteiger partial charge in [-0.3, -0.25) is 4.79 Å². The Morgan fingerprint density at radius 1 is 1.64 bits per heavy atom. The maximum Gasteiger partial charge on any atom is 0.252 e. The lowest BCUT2D eigenvalue weighted by Gasteiger charge is -2.06. The van der Waals surface area contributed by atoms with Gasteiger partial charge in [0.25, 0.3) is 5.91 Å². The van der Waals surface area contributed by atoms with Crippen molar-refractivity contribution in [2.75, 3.05) is 6.54 Å². The highest BCUT2D eigenvalue weighted by Gasteiger charge is 2.08. The molecule has 3 N–H and O–H groups in total. The van der Waals surface area contributed by atoms with Crippen molar-refractivity contribution in [3.05, 3.63) is 21.9 Å². The average Bonchev–Trinajstić information content (AvgIpc) is 2.50. The van der Waals surface area contributed by atoms with Crippen molar-refractivity contribution in [1.82, 2.24) is 5.32 Å². The van der Waals surface area contributed by atoms with Crippen LogP contribution in [0, 0.1) is 6.92 Å². The Morgan fingerprint density at radius 3 is 2.86 bits per heavy atom. The smallest absolute Gasteiger partial charge is 0.252 e. The molecule has 1 atom stereocenters. The summed E-state index contributed by atoms with van der Waals surface area (Å²) in [6.45, 7) is 4.52. The molecule has 3 nitrogen and oxygen atoms in total. The number of amides is 1. The summed E-state index contributed by atoms with van der Waals surface area (Å²) in [4.78, 5) is 11.6. The molecule has 1 rings (SSSR count). The first kappa shape index (κ1) is 11.2. The minimum Gasteiger partial charge on any atom is -0.352 e. The van der Waals surface area contributed by atoms with Crippen molar-refractivity contribution in [3.63, 3.8) is 0 Å². The Hall–Kier alpha value is -0.870. The maximum atomic E-state index is 11.6. The van der Waals surface area contributed by atoms with E-state index in [1.54, 1.807) is 11.3 Å². The predicted octanol–water partition coefficient (Wildman–Crippen LogP) is 1.52. The second-order valence-electron chi connectivity index (χ2n) is 3.49. The Kier molecular flexibility index (Phi) is 4.10. The second-order valence-corrected chi connectivity index (χ2v) is 4.23. The van der Waals surface area contributed by atoms with Gasteiger partial charge in [0.2, 0.25) is 0 Å². The molecule has 1 amide bonds. The number of carbonyl (C=O) groups is 1. The molecule has 1 aromatic rings. The normalized spacial score (nSPS) is 12.5. The molecule has 0 spiro atoms. The number of carbonyl (C=O) groups excluding carboxylic acids is 1. The summed E-state index contributed by atoms with van der Waals surface area (Å²) < 4.78 is 0. The Balaban J connectivity index is 2.40. The van der Waals surface area contributed by atoms with Crippen molar-refractivity contribution in [1.29, 1.82) is 0 Å². The molecule has 1 unspecified atom stereocenters. The van der Waals surface area contributed by atoms with E-state index in [0.29, 0.717) is 6.54 Å². The van der Waals surface area contributed by atoms with Gasteiger partial charge >= 0.3 is 0 Å². The number of hydrogen-bond donors (Lipinski definition) is 2. The summed E-state index contributed by atoms with van der Waals surface area (Å²) in [5, 5.41) is 6.69. The molecule has 1 heterocycles. The zero-order valence-electron chi connectivity index (χ0n) is 8.54. The van der Waals surface area contributed by atoms with Gasteiger partial charge in [-0.1, -0.05) is 0 Å². The van der Waals surface area contributed by atoms with Gasteiger partial charge < -0.3 is 11.1 Å². The van der Waals surface area contributed by atoms with Crippen LogP contribution in [-0.4, -0.2) is 18.5 Å². The van der Waals surface area contributed by atoms with Gasteiger partial charge in [-0.05, 0) is 31.2 Å². The number of rotatable bonds is 4. The van der Waals surface area contributed by atoms with E-state index < -0.39 is 0 Å². The molecule has 0 aliphatic heterocycles. The Bertz CT molecular complexity index is 307. The third-order valence-electron chi connectivity index (χ3n) is 1.99. The molecule has 0 bridgehead atoms. The SMILES string of the molecule is Cc1cscc1C(=O)NCCC(C)N. The highest BCUT2D eigenvalue weighted by Crippen LogP contribution is 2.12. The molecule has 0 radical (unpaired) electrons. The van der Waals surface area contributed by atoms with Crippen molar-refractivity contribution in [2.45, 2.75) is 26.3 Å². The number of thiophene rings is 1. The first-order valence-electron chi connectivity index (χ1n) is 4.68. The minimum atomic E-state index is 0.00407. The fraction of sp³-hybridized carbons (Fsp3) is 0.500. The van der Waals surface area contributed by atoms with E-state index >= 15 is 0 Å². The lowest BCUT2D eigenvalue weighted by molar-refractivity contribution is 0.0952. The summed E-state index contributed by atoms with van der Waals surface area (Å²) in [5.41, 5.74) is 7.39. The van der Waals surface area contributed by atoms with Crippen LogP contribution in [0.3, 0.4) is 0 Å². The number of nitrogens with one attached hydrogen (secondary N) is 1. The van der Waals surface area contributed by atoms with E-state index in [-0.39, 0.29) is 11.9 Å². The monoisotopic (exact) mass is 212 g/mol. The summed E-state index contributed by atoms with van der Waals surface area (Å²) in [5.74, 6) is 0.00407. The van der Waals surface area contributed by atoms with Gasteiger partial charge in [-0.2, -0.15) is 11.3 Å². The van der Waals surface area contributed by atoms with E-state index in [1.165, 1.54) is 0 Å². The molecular weight excluding hydrogens is 196 g/mol. The zero-order chi connectivity index (χ0) is 10.6. The molecular formula is C10H16N2OS. The van der Waals surface area contributed by atoms with Gasteiger partial charge in [0.15, 0.2) is 0 Å². The molecule has 78 valence electrons. The second kappa shape index (κ2) is 5.12. The zero-order valence-corrected chi connectivity index (χ0v) is 9.36. The van der Waals surface area contributed by atoms with Crippen LogP contribution in [0.25, 0.3) is 0 Å². The molecule has 14 heavy (non-hydrogen) atoms. The van der Waals surface area contributed by atoms with Gasteiger partial charge in [-0.15, -0.1) is 0 Å². The van der Waals surface area contributed by atoms with Crippen LogP contribution in [0.1, 0.15) is 29.3 Å². The summed E-state index contributed by atoms with van der Waals surface area (Å²) in [6.07, 6.45) is 0.814. The van der Waals surface area contributed by atoms with Gasteiger partial charge in [0.05, 0.1) is 5.56 Å². The first-order chi connectivity index (χ1) is 6.61. The molecule has 0 saturated heterocycles. The Morgan fingerprint density at radius 2 is 2.36 bits per heavy atom. The van der Waals surface area contributed by atoms with Gasteiger partial charge in [0.1, 0.15) is 0 Å². The van der Waals surface area contributed by atoms with Crippen LogP contribution in [0.15, 0.2) is 10.8 Å². The predicted molar refractivity (Wildman–Crippen MR) is 59.7 cm³/mol. The molecule has 0 aliphatic rings. The molecule has 4 heteroatoms.